The molecule has 0 radical (unpaired) electrons. The molecule has 5 rings (SSSR count). The van der Waals surface area contributed by atoms with Gasteiger partial charge in [0, 0.05) is 62.8 Å². The van der Waals surface area contributed by atoms with Crippen molar-refractivity contribution in [3.05, 3.63) is 70.2 Å². The molecule has 4 aromatic rings. The Bertz CT molecular complexity index is 1460. The molecule has 0 aromatic carbocycles. The van der Waals surface area contributed by atoms with Crippen LogP contribution in [0.1, 0.15) is 34.5 Å². The minimum absolute atomic E-state index is 0.0713. The second-order valence-electron chi connectivity index (χ2n) is 9.26. The Balaban J connectivity index is 1.32. The summed E-state index contributed by atoms with van der Waals surface area (Å²) in [4.78, 5) is 46.5. The van der Waals surface area contributed by atoms with E-state index in [1.54, 1.807) is 25.8 Å². The van der Waals surface area contributed by atoms with Crippen molar-refractivity contribution in [1.29, 1.82) is 0 Å². The molecule has 35 heavy (non-hydrogen) atoms. The first kappa shape index (κ1) is 22.8. The van der Waals surface area contributed by atoms with Crippen molar-refractivity contribution in [2.75, 3.05) is 25.0 Å². The molecule has 0 saturated carbocycles. The monoisotopic (exact) mass is 471 g/mol. The molecular weight excluding hydrogens is 442 g/mol. The predicted molar refractivity (Wildman–Crippen MR) is 136 cm³/mol. The average Bonchev–Trinajstić information content (AvgIpc) is 3.27. The average molecular weight is 472 g/mol. The van der Waals surface area contributed by atoms with Gasteiger partial charge in [0.25, 0.3) is 11.5 Å². The van der Waals surface area contributed by atoms with Crippen molar-refractivity contribution in [2.24, 2.45) is 7.05 Å². The molecule has 0 unspecified atom stereocenters. The molecule has 0 spiro atoms. The van der Waals surface area contributed by atoms with Gasteiger partial charge in [0.15, 0.2) is 0 Å². The number of aromatic amines is 1. The van der Waals surface area contributed by atoms with Crippen molar-refractivity contribution in [1.82, 2.24) is 29.4 Å². The van der Waals surface area contributed by atoms with Crippen LogP contribution in [-0.2, 0) is 7.05 Å². The summed E-state index contributed by atoms with van der Waals surface area (Å²) in [6.45, 7) is 5.48. The number of carbonyl (C=O) groups is 1. The Morgan fingerprint density at radius 2 is 1.91 bits per heavy atom. The van der Waals surface area contributed by atoms with Gasteiger partial charge in [-0.25, -0.2) is 9.97 Å². The topological polar surface area (TPSA) is 100 Å². The fraction of sp³-hybridized carbons (Fsp3) is 0.346. The molecular formula is C26H29N7O2. The third-order valence-corrected chi connectivity index (χ3v) is 6.89. The second-order valence-corrected chi connectivity index (χ2v) is 9.26. The van der Waals surface area contributed by atoms with E-state index in [0.717, 1.165) is 54.4 Å². The van der Waals surface area contributed by atoms with Crippen molar-refractivity contribution >= 4 is 22.6 Å². The largest absolute Gasteiger partial charge is 0.356 e. The highest BCUT2D eigenvalue weighted by Gasteiger charge is 2.28. The molecule has 180 valence electrons. The maximum absolute atomic E-state index is 13.5. The zero-order valence-corrected chi connectivity index (χ0v) is 20.4. The standard InChI is InChI=1S/C26H29N7O2/c1-16-6-5-9-27-23(16)21-13-22(29-15-28-21)33-10-7-18(8-11-33)32(4)25(34)20-14-31(3)26(35)24-19(20)12-17(2)30-24/h5-6,9,12-15,18,30H,7-8,10-11H2,1-4H3. The summed E-state index contributed by atoms with van der Waals surface area (Å²) in [6.07, 6.45) is 6.66. The lowest BCUT2D eigenvalue weighted by molar-refractivity contribution is 0.0710. The molecule has 1 amide bonds. The fourth-order valence-corrected chi connectivity index (χ4v) is 4.88. The van der Waals surface area contributed by atoms with Crippen LogP contribution in [0.2, 0.25) is 0 Å². The lowest BCUT2D eigenvalue weighted by atomic mass is 10.0. The lowest BCUT2D eigenvalue weighted by Gasteiger charge is -2.37. The maximum Gasteiger partial charge on any atom is 0.274 e. The first-order valence-corrected chi connectivity index (χ1v) is 11.8. The van der Waals surface area contributed by atoms with Gasteiger partial charge in [0.2, 0.25) is 0 Å². The van der Waals surface area contributed by atoms with Crippen LogP contribution in [0.15, 0.2) is 47.8 Å². The van der Waals surface area contributed by atoms with Crippen LogP contribution < -0.4 is 10.5 Å². The van der Waals surface area contributed by atoms with Crippen LogP contribution in [0.25, 0.3) is 22.3 Å². The molecule has 9 heteroatoms. The van der Waals surface area contributed by atoms with E-state index in [0.29, 0.717) is 16.5 Å². The summed E-state index contributed by atoms with van der Waals surface area (Å²) in [6, 6.07) is 7.90. The molecule has 1 saturated heterocycles. The number of H-pyrrole nitrogens is 1. The molecule has 1 aliphatic rings. The maximum atomic E-state index is 13.5. The predicted octanol–water partition coefficient (Wildman–Crippen LogP) is 3.08. The minimum atomic E-state index is -0.134. The summed E-state index contributed by atoms with van der Waals surface area (Å²) < 4.78 is 1.47. The third-order valence-electron chi connectivity index (χ3n) is 6.89. The molecule has 1 N–H and O–H groups in total. The Labute approximate surface area is 203 Å². The van der Waals surface area contributed by atoms with E-state index in [9.17, 15) is 9.59 Å². The van der Waals surface area contributed by atoms with Gasteiger partial charge in [-0.2, -0.15) is 0 Å². The van der Waals surface area contributed by atoms with Gasteiger partial charge in [-0.05, 0) is 44.4 Å². The fourth-order valence-electron chi connectivity index (χ4n) is 4.88. The highest BCUT2D eigenvalue weighted by molar-refractivity contribution is 6.06. The Hall–Kier alpha value is -4.01. The van der Waals surface area contributed by atoms with Crippen molar-refractivity contribution in [3.63, 3.8) is 0 Å². The molecule has 0 aliphatic carbocycles. The molecule has 0 bridgehead atoms. The van der Waals surface area contributed by atoms with Gasteiger partial charge in [0.1, 0.15) is 17.7 Å². The summed E-state index contributed by atoms with van der Waals surface area (Å²) in [5.41, 5.74) is 4.48. The summed E-state index contributed by atoms with van der Waals surface area (Å²) in [7, 11) is 3.53. The smallest absolute Gasteiger partial charge is 0.274 e. The number of carbonyl (C=O) groups excluding carboxylic acids is 1. The molecule has 4 aromatic heterocycles. The number of aromatic nitrogens is 5. The van der Waals surface area contributed by atoms with E-state index in [1.807, 2.05) is 50.1 Å². The molecule has 1 fully saturated rings. The van der Waals surface area contributed by atoms with E-state index in [4.69, 9.17) is 0 Å². The van der Waals surface area contributed by atoms with Crippen LogP contribution in [0, 0.1) is 13.8 Å². The number of amides is 1. The number of anilines is 1. The zero-order chi connectivity index (χ0) is 24.7. The van der Waals surface area contributed by atoms with E-state index >= 15 is 0 Å². The van der Waals surface area contributed by atoms with Crippen LogP contribution in [0.3, 0.4) is 0 Å². The Morgan fingerprint density at radius 3 is 2.66 bits per heavy atom. The van der Waals surface area contributed by atoms with Crippen LogP contribution in [0.4, 0.5) is 5.82 Å². The van der Waals surface area contributed by atoms with Gasteiger partial charge < -0.3 is 19.4 Å². The van der Waals surface area contributed by atoms with Crippen molar-refractivity contribution < 1.29 is 4.79 Å². The summed E-state index contributed by atoms with van der Waals surface area (Å²) in [5, 5.41) is 0.679. The lowest BCUT2D eigenvalue weighted by Crippen LogP contribution is -2.46. The first-order valence-electron chi connectivity index (χ1n) is 11.8. The number of fused-ring (bicyclic) bond motifs is 1. The van der Waals surface area contributed by atoms with Crippen molar-refractivity contribution in [3.8, 4) is 11.4 Å². The normalized spacial score (nSPS) is 14.5. The summed E-state index contributed by atoms with van der Waals surface area (Å²) in [5.74, 6) is 0.799. The number of nitrogens with one attached hydrogen (secondary N) is 1. The minimum Gasteiger partial charge on any atom is -0.356 e. The van der Waals surface area contributed by atoms with Gasteiger partial charge in [-0.1, -0.05) is 6.07 Å². The van der Waals surface area contributed by atoms with Gasteiger partial charge >= 0.3 is 0 Å². The number of aryl methyl sites for hydroxylation is 3. The Morgan fingerprint density at radius 1 is 1.14 bits per heavy atom. The number of pyridine rings is 2. The van der Waals surface area contributed by atoms with E-state index < -0.39 is 0 Å². The summed E-state index contributed by atoms with van der Waals surface area (Å²) >= 11 is 0. The van der Waals surface area contributed by atoms with Crippen LogP contribution in [-0.4, -0.2) is 61.5 Å². The molecule has 9 nitrogen and oxygen atoms in total. The number of nitrogens with zero attached hydrogens (tertiary/aromatic N) is 6. The van der Waals surface area contributed by atoms with Gasteiger partial charge in [-0.3, -0.25) is 14.6 Å². The van der Waals surface area contributed by atoms with Crippen LogP contribution in [0.5, 0.6) is 0 Å². The zero-order valence-electron chi connectivity index (χ0n) is 20.4. The van der Waals surface area contributed by atoms with E-state index in [-0.39, 0.29) is 17.5 Å². The quantitative estimate of drug-likeness (QED) is 0.491. The molecule has 1 aliphatic heterocycles. The number of rotatable bonds is 4. The van der Waals surface area contributed by atoms with E-state index in [1.165, 1.54) is 4.57 Å². The highest BCUT2D eigenvalue weighted by Crippen LogP contribution is 2.26. The number of hydrogen-bond donors (Lipinski definition) is 1. The second kappa shape index (κ2) is 8.98. The number of piperidine rings is 1. The van der Waals surface area contributed by atoms with E-state index in [2.05, 4.69) is 24.8 Å². The van der Waals surface area contributed by atoms with Crippen LogP contribution >= 0.6 is 0 Å². The molecule has 5 heterocycles. The Kier molecular flexibility index (Phi) is 5.84. The SMILES string of the molecule is Cc1cc2c(C(=O)N(C)C3CCN(c4cc(-c5ncccc5C)ncn4)CC3)cn(C)c(=O)c2[nH]1. The van der Waals surface area contributed by atoms with Crippen molar-refractivity contribution in [2.45, 2.75) is 32.7 Å². The van der Waals surface area contributed by atoms with Gasteiger partial charge in [-0.15, -0.1) is 0 Å². The highest BCUT2D eigenvalue weighted by atomic mass is 16.2. The number of hydrogen-bond acceptors (Lipinski definition) is 6. The first-order chi connectivity index (χ1) is 16.8. The third kappa shape index (κ3) is 4.18. The molecule has 0 atom stereocenters. The van der Waals surface area contributed by atoms with Gasteiger partial charge in [0.05, 0.1) is 17.0 Å².